The van der Waals surface area contributed by atoms with Crippen molar-refractivity contribution in [1.82, 2.24) is 4.90 Å². The molecule has 1 saturated heterocycles. The predicted molar refractivity (Wildman–Crippen MR) is 126 cm³/mol. The largest absolute Gasteiger partial charge is 0.493 e. The molecule has 7 nitrogen and oxygen atoms in total. The zero-order valence-corrected chi connectivity index (χ0v) is 19.9. The van der Waals surface area contributed by atoms with Gasteiger partial charge in [0.25, 0.3) is 11.1 Å². The summed E-state index contributed by atoms with van der Waals surface area (Å²) in [6.45, 7) is 1.83. The van der Waals surface area contributed by atoms with E-state index >= 15 is 0 Å². The highest BCUT2D eigenvalue weighted by Gasteiger charge is 2.36. The van der Waals surface area contributed by atoms with Crippen LogP contribution in [0.25, 0.3) is 6.08 Å². The molecular weight excluding hydrogens is 533 g/mol. The van der Waals surface area contributed by atoms with Gasteiger partial charge in [0.15, 0.2) is 11.5 Å². The number of ether oxygens (including phenoxy) is 3. The Morgan fingerprint density at radius 2 is 1.94 bits per heavy atom. The van der Waals surface area contributed by atoms with Crippen LogP contribution < -0.4 is 9.47 Å². The van der Waals surface area contributed by atoms with Gasteiger partial charge in [0, 0.05) is 0 Å². The van der Waals surface area contributed by atoms with Gasteiger partial charge in [-0.1, -0.05) is 30.3 Å². The summed E-state index contributed by atoms with van der Waals surface area (Å²) in [5, 5.41) is -0.506. The molecule has 0 spiro atoms. The van der Waals surface area contributed by atoms with Gasteiger partial charge in [-0.3, -0.25) is 19.3 Å². The van der Waals surface area contributed by atoms with Gasteiger partial charge in [0.05, 0.1) is 22.2 Å². The number of amides is 2. The van der Waals surface area contributed by atoms with E-state index in [2.05, 4.69) is 22.6 Å². The van der Waals surface area contributed by atoms with Crippen molar-refractivity contribution in [3.63, 3.8) is 0 Å². The molecule has 0 aliphatic carbocycles. The summed E-state index contributed by atoms with van der Waals surface area (Å²) in [5.74, 6) is -0.0389. The lowest BCUT2D eigenvalue weighted by Gasteiger charge is -2.14. The number of hydrogen-bond donors (Lipinski definition) is 0. The molecule has 2 aromatic rings. The minimum Gasteiger partial charge on any atom is -0.493 e. The summed E-state index contributed by atoms with van der Waals surface area (Å²) in [5.41, 5.74) is 1.70. The van der Waals surface area contributed by atoms with Crippen molar-refractivity contribution < 1.29 is 28.6 Å². The van der Waals surface area contributed by atoms with Gasteiger partial charge >= 0.3 is 5.97 Å². The molecule has 2 amide bonds. The molecule has 31 heavy (non-hydrogen) atoms. The van der Waals surface area contributed by atoms with Crippen molar-refractivity contribution in [2.75, 3.05) is 20.3 Å². The Kier molecular flexibility index (Phi) is 7.97. The van der Waals surface area contributed by atoms with E-state index in [-0.39, 0.29) is 11.5 Å². The fourth-order valence-electron chi connectivity index (χ4n) is 2.82. The number of hydrogen-bond acceptors (Lipinski definition) is 7. The smallest absolute Gasteiger partial charge is 0.326 e. The third-order valence-corrected chi connectivity index (χ3v) is 5.95. The molecule has 162 valence electrons. The number of halogens is 1. The summed E-state index contributed by atoms with van der Waals surface area (Å²) in [6.07, 6.45) is 1.60. The van der Waals surface area contributed by atoms with Gasteiger partial charge in [0.2, 0.25) is 0 Å². The minimum absolute atomic E-state index is 0.182. The Labute approximate surface area is 197 Å². The fraction of sp³-hybridized carbons (Fsp3) is 0.227. The first kappa shape index (κ1) is 23.1. The number of nitrogens with zero attached hydrogens (tertiary/aromatic N) is 1. The van der Waals surface area contributed by atoms with Crippen LogP contribution in [0.3, 0.4) is 0 Å². The SMILES string of the molecule is CCOC(=O)CN1C(=O)S/C(=C\c2cc(I)c(OCc3ccccc3)c(OC)c2)C1=O. The zero-order valence-electron chi connectivity index (χ0n) is 16.9. The number of esters is 1. The molecule has 1 fully saturated rings. The number of benzene rings is 2. The van der Waals surface area contributed by atoms with Crippen LogP contribution in [0.15, 0.2) is 47.4 Å². The molecule has 1 aliphatic rings. The number of carbonyl (C=O) groups excluding carboxylic acids is 3. The molecule has 0 radical (unpaired) electrons. The van der Waals surface area contributed by atoms with Gasteiger partial charge in [-0.25, -0.2) is 0 Å². The Balaban J connectivity index is 1.79. The maximum atomic E-state index is 12.6. The van der Waals surface area contributed by atoms with E-state index in [0.717, 1.165) is 25.8 Å². The van der Waals surface area contributed by atoms with E-state index in [1.165, 1.54) is 7.11 Å². The van der Waals surface area contributed by atoms with Crippen LogP contribution in [0, 0.1) is 3.57 Å². The Hall–Kier alpha value is -2.53. The van der Waals surface area contributed by atoms with Crippen LogP contribution >= 0.6 is 34.4 Å². The van der Waals surface area contributed by atoms with Crippen LogP contribution in [-0.2, 0) is 20.9 Å². The zero-order chi connectivity index (χ0) is 22.4. The Morgan fingerprint density at radius 1 is 1.19 bits per heavy atom. The molecule has 0 unspecified atom stereocenters. The lowest BCUT2D eigenvalue weighted by atomic mass is 10.1. The predicted octanol–water partition coefficient (Wildman–Crippen LogP) is 4.48. The summed E-state index contributed by atoms with van der Waals surface area (Å²) in [6, 6.07) is 13.3. The molecule has 0 atom stereocenters. The van der Waals surface area contributed by atoms with E-state index in [9.17, 15) is 14.4 Å². The maximum Gasteiger partial charge on any atom is 0.326 e. The van der Waals surface area contributed by atoms with Gasteiger partial charge in [-0.2, -0.15) is 0 Å². The van der Waals surface area contributed by atoms with Gasteiger partial charge in [-0.15, -0.1) is 0 Å². The number of thioether (sulfide) groups is 1. The number of rotatable bonds is 8. The van der Waals surface area contributed by atoms with Crippen molar-refractivity contribution in [3.8, 4) is 11.5 Å². The first-order chi connectivity index (χ1) is 14.9. The molecule has 2 aromatic carbocycles. The maximum absolute atomic E-state index is 12.6. The van der Waals surface area contributed by atoms with Crippen molar-refractivity contribution >= 4 is 57.5 Å². The molecule has 3 rings (SSSR count). The van der Waals surface area contributed by atoms with Gasteiger partial charge in [-0.05, 0) is 70.6 Å². The van der Waals surface area contributed by atoms with E-state index in [4.69, 9.17) is 14.2 Å². The lowest BCUT2D eigenvalue weighted by Crippen LogP contribution is -2.34. The first-order valence-electron chi connectivity index (χ1n) is 9.38. The summed E-state index contributed by atoms with van der Waals surface area (Å²) in [4.78, 5) is 37.5. The normalized spacial score (nSPS) is 14.8. The molecular formula is C22H20INO6S. The average molecular weight is 553 g/mol. The molecule has 0 N–H and O–H groups in total. The third-order valence-electron chi connectivity index (χ3n) is 4.24. The third kappa shape index (κ3) is 5.79. The number of imide groups is 1. The fourth-order valence-corrected chi connectivity index (χ4v) is 4.44. The summed E-state index contributed by atoms with van der Waals surface area (Å²) < 4.78 is 17.1. The average Bonchev–Trinajstić information content (AvgIpc) is 3.00. The second kappa shape index (κ2) is 10.7. The molecule has 1 heterocycles. The van der Waals surface area contributed by atoms with Crippen LogP contribution in [0.5, 0.6) is 11.5 Å². The van der Waals surface area contributed by atoms with Crippen molar-refractivity contribution in [2.24, 2.45) is 0 Å². The van der Waals surface area contributed by atoms with E-state index in [1.807, 2.05) is 36.4 Å². The topological polar surface area (TPSA) is 82.1 Å². The number of methoxy groups -OCH3 is 1. The van der Waals surface area contributed by atoms with Crippen molar-refractivity contribution in [3.05, 3.63) is 62.1 Å². The minimum atomic E-state index is -0.623. The molecule has 1 aliphatic heterocycles. The first-order valence-corrected chi connectivity index (χ1v) is 11.3. The highest BCUT2D eigenvalue weighted by molar-refractivity contribution is 14.1. The monoisotopic (exact) mass is 553 g/mol. The quantitative estimate of drug-likeness (QED) is 0.271. The van der Waals surface area contributed by atoms with Crippen molar-refractivity contribution in [1.29, 1.82) is 0 Å². The molecule has 9 heteroatoms. The second-order valence-electron chi connectivity index (χ2n) is 6.38. The summed E-state index contributed by atoms with van der Waals surface area (Å²) in [7, 11) is 1.54. The van der Waals surface area contributed by atoms with Gasteiger partial charge < -0.3 is 14.2 Å². The van der Waals surface area contributed by atoms with E-state index in [1.54, 1.807) is 19.1 Å². The van der Waals surface area contributed by atoms with Crippen LogP contribution in [0.1, 0.15) is 18.1 Å². The van der Waals surface area contributed by atoms with Crippen LogP contribution in [0.4, 0.5) is 4.79 Å². The molecule has 0 aromatic heterocycles. The van der Waals surface area contributed by atoms with Gasteiger partial charge in [0.1, 0.15) is 13.2 Å². The van der Waals surface area contributed by atoms with Crippen LogP contribution in [-0.4, -0.2) is 42.3 Å². The van der Waals surface area contributed by atoms with Crippen LogP contribution in [0.2, 0.25) is 0 Å². The van der Waals surface area contributed by atoms with Crippen molar-refractivity contribution in [2.45, 2.75) is 13.5 Å². The standard InChI is InChI=1S/C22H20INO6S/c1-3-29-19(25)12-24-21(26)18(31-22(24)27)11-15-9-16(23)20(17(10-15)28-2)30-13-14-7-5-4-6-8-14/h4-11H,3,12-13H2,1-2H3/b18-11-. The Morgan fingerprint density at radius 3 is 2.61 bits per heavy atom. The summed E-state index contributed by atoms with van der Waals surface area (Å²) >= 11 is 2.92. The van der Waals surface area contributed by atoms with E-state index < -0.39 is 23.7 Å². The number of carbonyl (C=O) groups is 3. The second-order valence-corrected chi connectivity index (χ2v) is 8.54. The van der Waals surface area contributed by atoms with E-state index in [0.29, 0.717) is 23.7 Å². The molecule has 0 bridgehead atoms. The lowest BCUT2D eigenvalue weighted by molar-refractivity contribution is -0.145. The highest BCUT2D eigenvalue weighted by Crippen LogP contribution is 2.37. The Bertz CT molecular complexity index is 1020. The highest BCUT2D eigenvalue weighted by atomic mass is 127. The molecule has 0 saturated carbocycles.